The van der Waals surface area contributed by atoms with Gasteiger partial charge in [0.1, 0.15) is 30.5 Å². The van der Waals surface area contributed by atoms with E-state index < -0.39 is 55.1 Å². The number of hydrogen-bond donors (Lipinski definition) is 6. The summed E-state index contributed by atoms with van der Waals surface area (Å²) < 4.78 is 18.7. The highest BCUT2D eigenvalue weighted by Gasteiger charge is 2.75. The van der Waals surface area contributed by atoms with Crippen LogP contribution < -0.4 is 0 Å². The van der Waals surface area contributed by atoms with E-state index in [4.69, 9.17) is 14.2 Å². The van der Waals surface area contributed by atoms with Crippen LogP contribution in [0.15, 0.2) is 23.8 Å². The highest BCUT2D eigenvalue weighted by molar-refractivity contribution is 5.33. The Balaban J connectivity index is 1.26. The van der Waals surface area contributed by atoms with Crippen molar-refractivity contribution in [3.8, 4) is 0 Å². The minimum Gasteiger partial charge on any atom is -0.394 e. The van der Waals surface area contributed by atoms with Gasteiger partial charge in [-0.1, -0.05) is 58.4 Å². The van der Waals surface area contributed by atoms with E-state index in [1.807, 2.05) is 19.9 Å². The summed E-state index contributed by atoms with van der Waals surface area (Å²) in [7, 11) is 0. The molecule has 2 saturated heterocycles. The molecule has 6 N–H and O–H groups in total. The van der Waals surface area contributed by atoms with E-state index in [-0.39, 0.29) is 39.6 Å². The van der Waals surface area contributed by atoms with Gasteiger partial charge >= 0.3 is 0 Å². The molecule has 5 fully saturated rings. The molecule has 45 heavy (non-hydrogen) atoms. The Morgan fingerprint density at radius 3 is 2.33 bits per heavy atom. The molecule has 6 rings (SSSR count). The van der Waals surface area contributed by atoms with Crippen LogP contribution in [0.25, 0.3) is 0 Å². The van der Waals surface area contributed by atoms with E-state index in [0.29, 0.717) is 11.8 Å². The van der Waals surface area contributed by atoms with Gasteiger partial charge in [0.05, 0.1) is 31.0 Å². The lowest BCUT2D eigenvalue weighted by Crippen LogP contribution is -2.64. The van der Waals surface area contributed by atoms with E-state index in [1.54, 1.807) is 0 Å². The minimum absolute atomic E-state index is 0.00456. The molecule has 0 aromatic heterocycles. The Morgan fingerprint density at radius 1 is 0.956 bits per heavy atom. The maximum Gasteiger partial charge on any atom is 0.187 e. The van der Waals surface area contributed by atoms with E-state index in [1.165, 1.54) is 0 Å². The van der Waals surface area contributed by atoms with Gasteiger partial charge in [0, 0.05) is 16.7 Å². The van der Waals surface area contributed by atoms with Crippen LogP contribution in [0.2, 0.25) is 0 Å². The maximum absolute atomic E-state index is 12.0. The fraction of sp³-hybridized carbons (Fsp3) is 0.889. The Kier molecular flexibility index (Phi) is 8.57. The van der Waals surface area contributed by atoms with Gasteiger partial charge in [0.25, 0.3) is 0 Å². The number of hydrogen-bond acceptors (Lipinski definition) is 9. The molecule has 0 amide bonds. The molecule has 4 aliphatic carbocycles. The van der Waals surface area contributed by atoms with Gasteiger partial charge in [0.15, 0.2) is 6.29 Å². The normalized spacial score (nSPS) is 51.9. The fourth-order valence-electron chi connectivity index (χ4n) is 11.5. The monoisotopic (exact) mass is 634 g/mol. The van der Waals surface area contributed by atoms with Crippen molar-refractivity contribution in [1.82, 2.24) is 0 Å². The first-order chi connectivity index (χ1) is 21.0. The topological polar surface area (TPSA) is 149 Å². The number of aliphatic hydroxyl groups is 6. The molecule has 2 heterocycles. The number of allylic oxidation sites excluding steroid dienone is 2. The molecule has 9 heteroatoms. The summed E-state index contributed by atoms with van der Waals surface area (Å²) in [6, 6.07) is 0. The predicted molar refractivity (Wildman–Crippen MR) is 168 cm³/mol. The summed E-state index contributed by atoms with van der Waals surface area (Å²) in [5.74, 6) is 0.805. The molecule has 16 atom stereocenters. The van der Waals surface area contributed by atoms with Crippen molar-refractivity contribution in [2.24, 2.45) is 45.3 Å². The molecule has 16 unspecified atom stereocenters. The van der Waals surface area contributed by atoms with Crippen LogP contribution >= 0.6 is 0 Å². The van der Waals surface area contributed by atoms with Gasteiger partial charge in [-0.3, -0.25) is 0 Å². The van der Waals surface area contributed by atoms with Crippen LogP contribution in [0.1, 0.15) is 87.0 Å². The van der Waals surface area contributed by atoms with Crippen LogP contribution in [0.4, 0.5) is 0 Å². The van der Waals surface area contributed by atoms with Crippen LogP contribution in [0.3, 0.4) is 0 Å². The zero-order chi connectivity index (χ0) is 32.9. The lowest BCUT2D eigenvalue weighted by atomic mass is 9.38. The molecule has 3 saturated carbocycles. The summed E-state index contributed by atoms with van der Waals surface area (Å²) in [4.78, 5) is 0. The van der Waals surface area contributed by atoms with Gasteiger partial charge in [-0.2, -0.15) is 0 Å². The average molecular weight is 635 g/mol. The maximum atomic E-state index is 12.0. The second kappa shape index (κ2) is 11.3. The average Bonchev–Trinajstić information content (AvgIpc) is 3.39. The second-order valence-electron chi connectivity index (χ2n) is 16.9. The summed E-state index contributed by atoms with van der Waals surface area (Å²) in [5.41, 5.74) is 0.166. The molecule has 0 aromatic carbocycles. The summed E-state index contributed by atoms with van der Waals surface area (Å²) in [6.07, 6.45) is 3.44. The molecule has 0 aromatic rings. The number of aliphatic hydroxyl groups excluding tert-OH is 6. The Morgan fingerprint density at radius 2 is 1.67 bits per heavy atom. The third-order valence-corrected chi connectivity index (χ3v) is 14.6. The van der Waals surface area contributed by atoms with Crippen LogP contribution in [-0.4, -0.2) is 98.5 Å². The molecule has 2 bridgehead atoms. The van der Waals surface area contributed by atoms with Gasteiger partial charge < -0.3 is 44.8 Å². The van der Waals surface area contributed by atoms with Gasteiger partial charge in [-0.05, 0) is 81.0 Å². The largest absolute Gasteiger partial charge is 0.394 e. The SMILES string of the molecule is CC(C)=CC(OC1OC(CO)C(O)C(O)C1O)C(O)C(C)C1CCC2(C)C3C=CC45OCC3(CCC12C)C4CCC(O)C5(C)C. The first kappa shape index (κ1) is 34.0. The summed E-state index contributed by atoms with van der Waals surface area (Å²) >= 11 is 0. The number of rotatable bonds is 7. The lowest BCUT2D eigenvalue weighted by Gasteiger charge is -2.65. The first-order valence-corrected chi connectivity index (χ1v) is 17.3. The molecule has 1 spiro atoms. The molecule has 256 valence electrons. The molecule has 0 radical (unpaired) electrons. The van der Waals surface area contributed by atoms with Crippen molar-refractivity contribution in [2.75, 3.05) is 13.2 Å². The predicted octanol–water partition coefficient (Wildman–Crippen LogP) is 3.09. The Hall–Kier alpha value is -0.880. The third-order valence-electron chi connectivity index (χ3n) is 14.6. The van der Waals surface area contributed by atoms with Crippen molar-refractivity contribution in [3.63, 3.8) is 0 Å². The molecule has 2 aliphatic heterocycles. The zero-order valence-corrected chi connectivity index (χ0v) is 28.2. The van der Waals surface area contributed by atoms with E-state index >= 15 is 0 Å². The minimum atomic E-state index is -1.55. The van der Waals surface area contributed by atoms with Gasteiger partial charge in [-0.15, -0.1) is 0 Å². The third kappa shape index (κ3) is 4.58. The fourth-order valence-corrected chi connectivity index (χ4v) is 11.5. The van der Waals surface area contributed by atoms with Crippen LogP contribution in [0, 0.1) is 45.3 Å². The van der Waals surface area contributed by atoms with Crippen molar-refractivity contribution in [2.45, 2.75) is 142 Å². The van der Waals surface area contributed by atoms with E-state index in [0.717, 1.165) is 50.7 Å². The highest BCUT2D eigenvalue weighted by atomic mass is 16.7. The molecular weight excluding hydrogens is 576 g/mol. The molecular formula is C36H58O9. The van der Waals surface area contributed by atoms with Crippen LogP contribution in [0.5, 0.6) is 0 Å². The van der Waals surface area contributed by atoms with E-state index in [2.05, 4.69) is 46.8 Å². The zero-order valence-electron chi connectivity index (χ0n) is 28.2. The molecule has 9 nitrogen and oxygen atoms in total. The van der Waals surface area contributed by atoms with Crippen molar-refractivity contribution in [1.29, 1.82) is 0 Å². The summed E-state index contributed by atoms with van der Waals surface area (Å²) in [5, 5.41) is 64.0. The Labute approximate surface area is 268 Å². The number of fused-ring (bicyclic) bond motifs is 2. The van der Waals surface area contributed by atoms with E-state index in [9.17, 15) is 30.6 Å². The first-order valence-electron chi connectivity index (χ1n) is 17.3. The standard InChI is InChI=1S/C36H58O9/c1-19(2)16-22(44-31-30(42)29(41)28(40)23(17-37)45-31)27(39)20(3)21-10-12-34(7)24-11-13-36-25(8-9-26(38)32(36,4)5)35(24,18-43-36)15-14-33(21,34)6/h11,13,16,20-31,37-42H,8-10,12,14-15,17-18H2,1-7H3. The quantitative estimate of drug-likeness (QED) is 0.233. The molecule has 6 aliphatic rings. The van der Waals surface area contributed by atoms with Crippen LogP contribution in [-0.2, 0) is 14.2 Å². The van der Waals surface area contributed by atoms with Gasteiger partial charge in [0.2, 0.25) is 0 Å². The van der Waals surface area contributed by atoms with Gasteiger partial charge in [-0.25, -0.2) is 0 Å². The van der Waals surface area contributed by atoms with Crippen molar-refractivity contribution in [3.05, 3.63) is 23.8 Å². The lowest BCUT2D eigenvalue weighted by molar-refractivity contribution is -0.314. The Bertz CT molecular complexity index is 1180. The second-order valence-corrected chi connectivity index (χ2v) is 16.9. The summed E-state index contributed by atoms with van der Waals surface area (Å²) in [6.45, 7) is 15.4. The van der Waals surface area contributed by atoms with Crippen molar-refractivity contribution < 1.29 is 44.8 Å². The smallest absolute Gasteiger partial charge is 0.187 e. The highest BCUT2D eigenvalue weighted by Crippen LogP contribution is 2.77. The number of ether oxygens (including phenoxy) is 3. The van der Waals surface area contributed by atoms with Crippen molar-refractivity contribution >= 4 is 0 Å².